The lowest BCUT2D eigenvalue weighted by Crippen LogP contribution is -2.51. The molecule has 1 aliphatic rings. The highest BCUT2D eigenvalue weighted by Crippen LogP contribution is 2.32. The van der Waals surface area contributed by atoms with Crippen molar-refractivity contribution in [2.75, 3.05) is 33.4 Å². The van der Waals surface area contributed by atoms with Crippen molar-refractivity contribution in [3.8, 4) is 22.9 Å². The zero-order valence-corrected chi connectivity index (χ0v) is 23.3. The van der Waals surface area contributed by atoms with E-state index in [-0.39, 0.29) is 31.5 Å². The largest absolute Gasteiger partial charge is 0.493 e. The van der Waals surface area contributed by atoms with Crippen LogP contribution in [0.1, 0.15) is 22.3 Å². The summed E-state index contributed by atoms with van der Waals surface area (Å²) < 4.78 is 13.5. The molecule has 42 heavy (non-hydrogen) atoms. The summed E-state index contributed by atoms with van der Waals surface area (Å²) in [6.07, 6.45) is 7.18. The fraction of sp³-hybridized carbons (Fsp3) is 0.300. The molecule has 12 heteroatoms. The highest BCUT2D eigenvalue weighted by Gasteiger charge is 2.25. The molecule has 0 saturated carbocycles. The number of rotatable bonds is 4. The van der Waals surface area contributed by atoms with Gasteiger partial charge in [0.1, 0.15) is 11.9 Å². The minimum Gasteiger partial charge on any atom is -0.493 e. The number of hydrogen-bond acceptors (Lipinski definition) is 7. The van der Waals surface area contributed by atoms with Crippen molar-refractivity contribution in [2.45, 2.75) is 25.4 Å². The molecule has 3 heterocycles. The van der Waals surface area contributed by atoms with E-state index in [9.17, 15) is 14.4 Å². The molecule has 3 amide bonds. The van der Waals surface area contributed by atoms with Crippen LogP contribution in [-0.4, -0.2) is 81.8 Å². The summed E-state index contributed by atoms with van der Waals surface area (Å²) in [6.45, 7) is 1.04. The number of carbonyl (C=O) groups excluding carboxylic acids is 3. The highest BCUT2D eigenvalue weighted by molar-refractivity contribution is 5.96. The predicted molar refractivity (Wildman–Crippen MR) is 154 cm³/mol. The minimum atomic E-state index is -0.834. The second-order valence-electron chi connectivity index (χ2n) is 9.83. The summed E-state index contributed by atoms with van der Waals surface area (Å²) in [5.74, 6) is 0.689. The van der Waals surface area contributed by atoms with Crippen molar-refractivity contribution in [1.82, 2.24) is 35.3 Å². The molecule has 3 N–H and O–H groups in total. The predicted octanol–water partition coefficient (Wildman–Crippen LogP) is 2.05. The molecule has 0 aliphatic carbocycles. The first-order valence-corrected chi connectivity index (χ1v) is 13.7. The molecular weight excluding hydrogens is 538 g/mol. The third-order valence-corrected chi connectivity index (χ3v) is 6.92. The van der Waals surface area contributed by atoms with E-state index in [0.29, 0.717) is 48.8 Å². The molecular formula is C30H33N7O5. The number of imidazole rings is 1. The number of ether oxygens (including phenoxy) is 2. The number of carbonyl (C=O) groups is 3. The summed E-state index contributed by atoms with van der Waals surface area (Å²) in [4.78, 5) is 45.8. The number of fused-ring (bicyclic) bond motifs is 4. The first kappa shape index (κ1) is 28.4. The Hall–Kier alpha value is -5.13. The van der Waals surface area contributed by atoms with Crippen LogP contribution < -0.4 is 20.1 Å². The zero-order valence-electron chi connectivity index (χ0n) is 23.3. The Labute approximate surface area is 243 Å². The van der Waals surface area contributed by atoms with Gasteiger partial charge in [0, 0.05) is 50.2 Å². The molecule has 1 atom stereocenters. The van der Waals surface area contributed by atoms with E-state index >= 15 is 0 Å². The maximum atomic E-state index is 13.3. The van der Waals surface area contributed by atoms with Gasteiger partial charge in [-0.15, -0.1) is 0 Å². The van der Waals surface area contributed by atoms with Gasteiger partial charge in [-0.3, -0.25) is 19.5 Å². The van der Waals surface area contributed by atoms with E-state index in [2.05, 4.69) is 25.8 Å². The van der Waals surface area contributed by atoms with Crippen LogP contribution in [0.4, 0.5) is 0 Å². The van der Waals surface area contributed by atoms with E-state index in [4.69, 9.17) is 9.47 Å². The van der Waals surface area contributed by atoms with Crippen LogP contribution >= 0.6 is 0 Å². The third-order valence-electron chi connectivity index (χ3n) is 6.92. The third kappa shape index (κ3) is 6.95. The number of aromatic amines is 1. The fourth-order valence-electron chi connectivity index (χ4n) is 4.81. The second-order valence-corrected chi connectivity index (χ2v) is 9.83. The van der Waals surface area contributed by atoms with Gasteiger partial charge in [0.15, 0.2) is 11.5 Å². The Morgan fingerprint density at radius 3 is 2.79 bits per heavy atom. The summed E-state index contributed by atoms with van der Waals surface area (Å²) in [6, 6.07) is 14.2. The van der Waals surface area contributed by atoms with Crippen molar-refractivity contribution in [2.24, 2.45) is 0 Å². The van der Waals surface area contributed by atoms with Gasteiger partial charge in [-0.2, -0.15) is 5.10 Å². The average molecular weight is 572 g/mol. The lowest BCUT2D eigenvalue weighted by atomic mass is 10.1. The molecule has 0 fully saturated rings. The Kier molecular flexibility index (Phi) is 9.12. The number of H-pyrrole nitrogens is 1. The molecule has 12 nitrogen and oxygen atoms in total. The maximum Gasteiger partial charge on any atom is 0.257 e. The van der Waals surface area contributed by atoms with Crippen LogP contribution in [-0.2, 0) is 22.6 Å². The number of methoxy groups -OCH3 is 1. The van der Waals surface area contributed by atoms with Crippen LogP contribution in [0.5, 0.6) is 11.5 Å². The van der Waals surface area contributed by atoms with Crippen molar-refractivity contribution in [3.05, 3.63) is 84.4 Å². The van der Waals surface area contributed by atoms with Crippen LogP contribution in [0.3, 0.4) is 0 Å². The first-order valence-electron chi connectivity index (χ1n) is 13.7. The number of benzene rings is 2. The van der Waals surface area contributed by atoms with Gasteiger partial charge in [0.2, 0.25) is 11.8 Å². The molecule has 0 spiro atoms. The van der Waals surface area contributed by atoms with E-state index < -0.39 is 11.9 Å². The Morgan fingerprint density at radius 2 is 2.00 bits per heavy atom. The Morgan fingerprint density at radius 1 is 1.14 bits per heavy atom. The van der Waals surface area contributed by atoms with Crippen LogP contribution in [0, 0.1) is 0 Å². The van der Waals surface area contributed by atoms with Gasteiger partial charge in [0.05, 0.1) is 32.0 Å². The minimum absolute atomic E-state index is 0.236. The molecule has 218 valence electrons. The fourth-order valence-corrected chi connectivity index (χ4v) is 4.81. The lowest BCUT2D eigenvalue weighted by Gasteiger charge is -2.24. The maximum absolute atomic E-state index is 13.3. The summed E-state index contributed by atoms with van der Waals surface area (Å²) in [5.41, 5.74) is 2.05. The quantitative estimate of drug-likeness (QED) is 0.340. The summed E-state index contributed by atoms with van der Waals surface area (Å²) in [5, 5.41) is 12.3. The molecule has 5 rings (SSSR count). The van der Waals surface area contributed by atoms with Crippen LogP contribution in [0.25, 0.3) is 11.4 Å². The van der Waals surface area contributed by atoms with Gasteiger partial charge >= 0.3 is 0 Å². The van der Waals surface area contributed by atoms with Crippen molar-refractivity contribution >= 4 is 17.7 Å². The molecule has 4 aromatic rings. The Balaban J connectivity index is 1.43. The summed E-state index contributed by atoms with van der Waals surface area (Å²) >= 11 is 0. The van der Waals surface area contributed by atoms with E-state index in [1.54, 1.807) is 13.3 Å². The molecule has 0 radical (unpaired) electrons. The SMILES string of the molecule is COc1ccc2cc1OCCCN(C(=O)c1cn[nH]c1)CC(=O)N[C@@H](Cc1ccccc1)C(=O)NCCn1ccnc1-2. The number of nitrogens with zero attached hydrogens (tertiary/aromatic N) is 4. The van der Waals surface area contributed by atoms with Crippen molar-refractivity contribution in [1.29, 1.82) is 0 Å². The number of amides is 3. The second kappa shape index (κ2) is 13.5. The summed E-state index contributed by atoms with van der Waals surface area (Å²) in [7, 11) is 1.57. The van der Waals surface area contributed by atoms with Crippen LogP contribution in [0.2, 0.25) is 0 Å². The zero-order chi connectivity index (χ0) is 29.3. The number of nitrogens with one attached hydrogen (secondary N) is 3. The van der Waals surface area contributed by atoms with E-state index in [0.717, 1.165) is 11.1 Å². The molecule has 2 aromatic carbocycles. The molecule has 2 bridgehead atoms. The topological polar surface area (TPSA) is 143 Å². The lowest BCUT2D eigenvalue weighted by molar-refractivity contribution is -0.129. The van der Waals surface area contributed by atoms with E-state index in [1.807, 2.05) is 59.3 Å². The van der Waals surface area contributed by atoms with Gasteiger partial charge in [-0.1, -0.05) is 30.3 Å². The van der Waals surface area contributed by atoms with Gasteiger partial charge in [-0.05, 0) is 30.2 Å². The first-order chi connectivity index (χ1) is 20.5. The van der Waals surface area contributed by atoms with Crippen molar-refractivity contribution < 1.29 is 23.9 Å². The van der Waals surface area contributed by atoms with E-state index in [1.165, 1.54) is 17.3 Å². The molecule has 0 saturated heterocycles. The number of aromatic nitrogens is 4. The van der Waals surface area contributed by atoms with Gasteiger partial charge in [-0.25, -0.2) is 4.98 Å². The van der Waals surface area contributed by atoms with Gasteiger partial charge < -0.3 is 29.6 Å². The normalized spacial score (nSPS) is 16.7. The highest BCUT2D eigenvalue weighted by atomic mass is 16.5. The molecule has 1 aliphatic heterocycles. The van der Waals surface area contributed by atoms with Crippen LogP contribution in [0.15, 0.2) is 73.3 Å². The monoisotopic (exact) mass is 571 g/mol. The van der Waals surface area contributed by atoms with Crippen molar-refractivity contribution in [3.63, 3.8) is 0 Å². The number of hydrogen-bond donors (Lipinski definition) is 3. The smallest absolute Gasteiger partial charge is 0.257 e. The molecule has 0 unspecified atom stereocenters. The molecule has 2 aromatic heterocycles. The standard InChI is InChI=1S/C30H33N7O5/c1-41-25-9-8-22-17-26(25)42-15-5-12-37(30(40)23-18-33-34-19-23)20-27(38)35-24(16-21-6-3-2-4-7-21)29(39)32-11-14-36-13-10-31-28(22)36/h2-4,6-10,13,17-19,24H,5,11-12,14-16,20H2,1H3,(H,32,39)(H,33,34)(H,35,38)/t24-/m0/s1. The Bertz CT molecular complexity index is 1500. The van der Waals surface area contributed by atoms with Gasteiger partial charge in [0.25, 0.3) is 5.91 Å². The average Bonchev–Trinajstić information content (AvgIpc) is 3.71.